The van der Waals surface area contributed by atoms with Gasteiger partial charge in [0, 0.05) is 41.3 Å². The second kappa shape index (κ2) is 10.3. The van der Waals surface area contributed by atoms with E-state index in [2.05, 4.69) is 71.2 Å². The average molecular weight is 601 g/mol. The van der Waals surface area contributed by atoms with Gasteiger partial charge in [-0.2, -0.15) is 9.65 Å². The van der Waals surface area contributed by atoms with E-state index in [-0.39, 0.29) is 10.8 Å². The van der Waals surface area contributed by atoms with Crippen LogP contribution in [-0.4, -0.2) is 33.5 Å². The summed E-state index contributed by atoms with van der Waals surface area (Å²) in [5.74, 6) is 2.51. The van der Waals surface area contributed by atoms with Crippen LogP contribution in [0, 0.1) is 53.3 Å². The summed E-state index contributed by atoms with van der Waals surface area (Å²) in [5.41, 5.74) is 9.18. The van der Waals surface area contributed by atoms with E-state index in [1.165, 1.54) is 11.1 Å². The number of halogens is 3. The summed E-state index contributed by atoms with van der Waals surface area (Å²) in [6.07, 6.45) is 7.26. The van der Waals surface area contributed by atoms with Crippen LogP contribution in [0.15, 0.2) is 42.4 Å². The van der Waals surface area contributed by atoms with Crippen LogP contribution in [0.4, 0.5) is 24.5 Å². The summed E-state index contributed by atoms with van der Waals surface area (Å²) >= 11 is 0. The van der Waals surface area contributed by atoms with E-state index in [1.807, 2.05) is 6.07 Å². The number of pyridine rings is 2. The Morgan fingerprint density at radius 1 is 1.16 bits per heavy atom. The lowest BCUT2D eigenvalue weighted by molar-refractivity contribution is 0.00911. The van der Waals surface area contributed by atoms with Crippen LogP contribution in [0.1, 0.15) is 69.0 Å². The van der Waals surface area contributed by atoms with Gasteiger partial charge in [0.05, 0.1) is 34.1 Å². The highest BCUT2D eigenvalue weighted by Gasteiger charge is 2.64. The number of aryl methyl sites for hydroxylation is 1. The van der Waals surface area contributed by atoms with E-state index in [1.54, 1.807) is 31.5 Å². The first-order chi connectivity index (χ1) is 20.8. The minimum Gasteiger partial charge on any atom is -0.383 e. The lowest BCUT2D eigenvalue weighted by Gasteiger charge is -2.25. The van der Waals surface area contributed by atoms with Gasteiger partial charge in [-0.15, -0.1) is 12.0 Å². The first kappa shape index (κ1) is 29.6. The highest BCUT2D eigenvalue weighted by atomic mass is 19.3. The predicted molar refractivity (Wildman–Crippen MR) is 163 cm³/mol. The molecule has 0 spiro atoms. The number of rotatable bonds is 9. The van der Waals surface area contributed by atoms with Crippen molar-refractivity contribution in [3.05, 3.63) is 70.7 Å². The van der Waals surface area contributed by atoms with E-state index >= 15 is 0 Å². The van der Waals surface area contributed by atoms with Crippen molar-refractivity contribution in [2.75, 3.05) is 17.2 Å². The van der Waals surface area contributed by atoms with Crippen LogP contribution in [0.2, 0.25) is 0 Å². The Morgan fingerprint density at radius 3 is 2.48 bits per heavy atom. The van der Waals surface area contributed by atoms with Crippen molar-refractivity contribution in [3.8, 4) is 18.4 Å². The van der Waals surface area contributed by atoms with Gasteiger partial charge in [0.1, 0.15) is 11.6 Å². The molecule has 0 unspecified atom stereocenters. The zero-order valence-corrected chi connectivity index (χ0v) is 25.3. The SMILES string of the molecule is C#Cc1cnc2c(C#N)cc(N[C@H](C3=CN(C4(C(F)F)CC4)NN3)c3ccc(F)nc3C)cc2c1NCC1C(C)(C)C1(C)C. The maximum absolute atomic E-state index is 14.0. The Bertz CT molecular complexity index is 1750. The number of anilines is 2. The number of hydrazine groups is 2. The molecule has 2 saturated carbocycles. The molecule has 8 nitrogen and oxygen atoms in total. The monoisotopic (exact) mass is 600 g/mol. The third-order valence-corrected chi connectivity index (χ3v) is 10.3. The standard InChI is InChI=1S/C33H35F3N8/c1-7-19-15-38-28-20(14-37)12-21(13-23(28)27(19)39-16-25-31(3,4)32(25,5)6)41-29(22-8-9-26(34)40-18(22)2)24-17-44(43-42-24)33(10-11-33)30(35)36/h1,8-9,12-13,15,17,25,29-30,41-43H,10-11,16H2,2-6H3,(H,38,39)/t29-/m0/s1. The summed E-state index contributed by atoms with van der Waals surface area (Å²) in [6.45, 7) is 11.4. The molecule has 4 N–H and O–H groups in total. The number of benzene rings is 1. The van der Waals surface area contributed by atoms with Crippen LogP contribution in [0.25, 0.3) is 10.9 Å². The number of hydrogen-bond donors (Lipinski definition) is 4. The minimum atomic E-state index is -2.54. The molecule has 1 aromatic carbocycles. The number of hydrogen-bond acceptors (Lipinski definition) is 8. The molecule has 0 amide bonds. The summed E-state index contributed by atoms with van der Waals surface area (Å²) in [6, 6.07) is 8.01. The van der Waals surface area contributed by atoms with Crippen molar-refractivity contribution < 1.29 is 13.2 Å². The first-order valence-electron chi connectivity index (χ1n) is 14.6. The second-order valence-electron chi connectivity index (χ2n) is 13.1. The van der Waals surface area contributed by atoms with E-state index in [0.29, 0.717) is 75.7 Å². The molecule has 0 bridgehead atoms. The summed E-state index contributed by atoms with van der Waals surface area (Å²) in [7, 11) is 0. The predicted octanol–water partition coefficient (Wildman–Crippen LogP) is 6.14. The van der Waals surface area contributed by atoms with Gasteiger partial charge < -0.3 is 16.1 Å². The van der Waals surface area contributed by atoms with Crippen molar-refractivity contribution in [2.45, 2.75) is 65.5 Å². The molecule has 2 aliphatic carbocycles. The molecule has 2 fully saturated rings. The van der Waals surface area contributed by atoms with Gasteiger partial charge in [-0.1, -0.05) is 39.7 Å². The first-order valence-corrected chi connectivity index (χ1v) is 14.6. The largest absolute Gasteiger partial charge is 0.383 e. The third-order valence-electron chi connectivity index (χ3n) is 10.3. The zero-order valence-electron chi connectivity index (χ0n) is 25.3. The van der Waals surface area contributed by atoms with Gasteiger partial charge in [-0.25, -0.2) is 13.8 Å². The molecule has 0 saturated heterocycles. The summed E-state index contributed by atoms with van der Waals surface area (Å²) in [5, 5.41) is 19.2. The molecule has 6 rings (SSSR count). The number of terminal acetylenes is 1. The molecular formula is C33H35F3N8. The molecule has 228 valence electrons. The molecular weight excluding hydrogens is 565 g/mol. The van der Waals surface area contributed by atoms with E-state index in [9.17, 15) is 18.4 Å². The summed E-state index contributed by atoms with van der Waals surface area (Å²) in [4.78, 5) is 8.52. The Hall–Kier alpha value is -4.48. The van der Waals surface area contributed by atoms with Crippen molar-refractivity contribution in [3.63, 3.8) is 0 Å². The molecule has 3 aliphatic rings. The third kappa shape index (κ3) is 4.67. The van der Waals surface area contributed by atoms with Crippen molar-refractivity contribution in [1.29, 1.82) is 5.26 Å². The lowest BCUT2D eigenvalue weighted by Crippen LogP contribution is -2.48. The Balaban J connectivity index is 1.41. The molecule has 11 heteroatoms. The molecule has 2 aromatic heterocycles. The molecule has 1 atom stereocenters. The van der Waals surface area contributed by atoms with Gasteiger partial charge >= 0.3 is 0 Å². The minimum absolute atomic E-state index is 0.158. The molecule has 0 radical (unpaired) electrons. The number of fused-ring (bicyclic) bond motifs is 1. The molecule has 1 aliphatic heterocycles. The van der Waals surface area contributed by atoms with Crippen molar-refractivity contribution in [2.24, 2.45) is 16.7 Å². The Morgan fingerprint density at radius 2 is 1.89 bits per heavy atom. The Labute approximate surface area is 255 Å². The van der Waals surface area contributed by atoms with Gasteiger partial charge in [-0.05, 0) is 54.7 Å². The van der Waals surface area contributed by atoms with Crippen LogP contribution in [0.3, 0.4) is 0 Å². The fourth-order valence-electron chi connectivity index (χ4n) is 6.56. The fourth-order valence-corrected chi connectivity index (χ4v) is 6.56. The van der Waals surface area contributed by atoms with Gasteiger partial charge in [0.25, 0.3) is 6.43 Å². The van der Waals surface area contributed by atoms with E-state index < -0.39 is 24.0 Å². The van der Waals surface area contributed by atoms with Gasteiger partial charge in [0.15, 0.2) is 0 Å². The number of nitriles is 1. The zero-order chi connectivity index (χ0) is 31.6. The van der Waals surface area contributed by atoms with Gasteiger partial charge in [-0.3, -0.25) is 9.99 Å². The topological polar surface area (TPSA) is 101 Å². The maximum atomic E-state index is 14.0. The summed E-state index contributed by atoms with van der Waals surface area (Å²) < 4.78 is 41.8. The average Bonchev–Trinajstić information content (AvgIpc) is 3.76. The number of alkyl halides is 2. The van der Waals surface area contributed by atoms with Crippen LogP contribution in [-0.2, 0) is 0 Å². The molecule has 3 heterocycles. The Kier molecular flexibility index (Phi) is 6.93. The quantitative estimate of drug-likeness (QED) is 0.172. The number of aromatic nitrogens is 2. The maximum Gasteiger partial charge on any atom is 0.262 e. The molecule has 44 heavy (non-hydrogen) atoms. The van der Waals surface area contributed by atoms with Crippen LogP contribution < -0.4 is 21.6 Å². The van der Waals surface area contributed by atoms with Crippen molar-refractivity contribution in [1.82, 2.24) is 25.9 Å². The van der Waals surface area contributed by atoms with Crippen LogP contribution >= 0.6 is 0 Å². The second-order valence-corrected chi connectivity index (χ2v) is 13.1. The van der Waals surface area contributed by atoms with Gasteiger partial charge in [0.2, 0.25) is 5.95 Å². The fraction of sp³-hybridized carbons (Fsp3) is 0.424. The molecule has 3 aromatic rings. The number of nitrogens with zero attached hydrogens (tertiary/aromatic N) is 4. The number of nitrogens with one attached hydrogen (secondary N) is 4. The van der Waals surface area contributed by atoms with Crippen LogP contribution in [0.5, 0.6) is 0 Å². The smallest absolute Gasteiger partial charge is 0.262 e. The lowest BCUT2D eigenvalue weighted by atomic mass is 10.0. The van der Waals surface area contributed by atoms with Crippen molar-refractivity contribution >= 4 is 22.3 Å². The normalized spacial score (nSPS) is 20.0. The highest BCUT2D eigenvalue weighted by molar-refractivity contribution is 5.99. The highest BCUT2D eigenvalue weighted by Crippen LogP contribution is 2.68. The van der Waals surface area contributed by atoms with E-state index in [0.717, 1.165) is 0 Å². The van der Waals surface area contributed by atoms with E-state index in [4.69, 9.17) is 6.42 Å².